The molecule has 0 heteroatoms. The van der Waals surface area contributed by atoms with Gasteiger partial charge in [0.05, 0.1) is 0 Å². The van der Waals surface area contributed by atoms with E-state index >= 15 is 0 Å². The fraction of sp³-hybridized carbons (Fsp3) is 0.0385. The molecule has 0 saturated heterocycles. The maximum absolute atomic E-state index is 2.38. The number of benzene rings is 9. The maximum Gasteiger partial charge on any atom is -0.00134 e. The van der Waals surface area contributed by atoms with Crippen LogP contribution >= 0.6 is 0 Å². The van der Waals surface area contributed by atoms with E-state index in [9.17, 15) is 0 Å². The first-order valence-corrected chi connectivity index (χ1v) is 18.3. The van der Waals surface area contributed by atoms with E-state index in [1.165, 1.54) is 111 Å². The highest BCUT2D eigenvalue weighted by Crippen LogP contribution is 2.45. The van der Waals surface area contributed by atoms with E-state index in [1.54, 1.807) is 0 Å². The van der Waals surface area contributed by atoms with Crippen LogP contribution in [0.2, 0.25) is 0 Å². The number of fused-ring (bicyclic) bond motifs is 8. The highest BCUT2D eigenvalue weighted by Gasteiger charge is 2.21. The molecule has 9 aromatic rings. The fourth-order valence-electron chi connectivity index (χ4n) is 9.02. The lowest BCUT2D eigenvalue weighted by Gasteiger charge is -2.18. The Kier molecular flexibility index (Phi) is 6.48. The second-order valence-electron chi connectivity index (χ2n) is 14.4. The summed E-state index contributed by atoms with van der Waals surface area (Å²) in [5.41, 5.74) is 21.3. The van der Waals surface area contributed by atoms with Crippen LogP contribution in [0.3, 0.4) is 0 Å². The quantitative estimate of drug-likeness (QED) is 0.165. The van der Waals surface area contributed by atoms with Crippen molar-refractivity contribution in [1.29, 1.82) is 0 Å². The predicted molar refractivity (Wildman–Crippen MR) is 220 cm³/mol. The third-order valence-electron chi connectivity index (χ3n) is 11.5. The van der Waals surface area contributed by atoms with Crippen LogP contribution in [0.1, 0.15) is 22.3 Å². The minimum absolute atomic E-state index is 1.02. The smallest absolute Gasteiger partial charge is 0.00134 e. The van der Waals surface area contributed by atoms with Gasteiger partial charge >= 0.3 is 0 Å². The summed E-state index contributed by atoms with van der Waals surface area (Å²) in [6, 6.07) is 67.9. The summed E-state index contributed by atoms with van der Waals surface area (Å²) in [7, 11) is 0. The van der Waals surface area contributed by atoms with E-state index in [0.29, 0.717) is 0 Å². The highest BCUT2D eigenvalue weighted by molar-refractivity contribution is 6.21. The van der Waals surface area contributed by atoms with Gasteiger partial charge in [-0.05, 0) is 136 Å². The molecule has 0 aliphatic heterocycles. The Balaban J connectivity index is 0.990. The summed E-state index contributed by atoms with van der Waals surface area (Å²) in [5.74, 6) is 0. The summed E-state index contributed by atoms with van der Waals surface area (Å²) in [6.45, 7) is 0. The second-order valence-corrected chi connectivity index (χ2v) is 14.4. The molecule has 9 aromatic carbocycles. The Morgan fingerprint density at radius 1 is 0.231 bits per heavy atom. The zero-order chi connectivity index (χ0) is 34.2. The van der Waals surface area contributed by atoms with Gasteiger partial charge in [0, 0.05) is 0 Å². The van der Waals surface area contributed by atoms with Crippen LogP contribution in [0.4, 0.5) is 0 Å². The minimum atomic E-state index is 1.02. The molecule has 2 aliphatic rings. The standard InChI is InChI=1S/C52H34/c1-3-11-43-39(9-1)29-41-27-25-37(31-49(41)43)33-17-21-35(22-18-33)51-45-13-5-7-15-47(45)52(48-16-8-6-14-46(48)51)36-23-19-34(20-24-36)38-26-28-42-30-40-10-2-4-12-44(40)50(42)32-38/h1-28,31-32H,29-30H2. The number of hydrogen-bond donors (Lipinski definition) is 0. The maximum atomic E-state index is 2.38. The summed E-state index contributed by atoms with van der Waals surface area (Å²) in [4.78, 5) is 0. The molecule has 0 nitrogen and oxygen atoms in total. The SMILES string of the molecule is c1ccc2c(c1)Cc1ccc(-c3ccc(-c4c5ccccc5c(-c5ccc(-c6ccc7c(c6)-c6ccccc6C7)cc5)c5ccccc45)cc3)cc1-2. The van der Waals surface area contributed by atoms with E-state index in [2.05, 4.69) is 182 Å². The van der Waals surface area contributed by atoms with Crippen molar-refractivity contribution in [3.8, 4) is 66.8 Å². The molecular formula is C52H34. The molecule has 0 bridgehead atoms. The van der Waals surface area contributed by atoms with E-state index in [4.69, 9.17) is 0 Å². The van der Waals surface area contributed by atoms with Crippen LogP contribution in [-0.2, 0) is 12.8 Å². The zero-order valence-corrected chi connectivity index (χ0v) is 28.7. The van der Waals surface area contributed by atoms with Crippen LogP contribution in [0, 0.1) is 0 Å². The molecule has 0 amide bonds. The minimum Gasteiger partial charge on any atom is -0.0619 e. The van der Waals surface area contributed by atoms with Crippen molar-refractivity contribution in [3.05, 3.63) is 204 Å². The van der Waals surface area contributed by atoms with Gasteiger partial charge in [0.15, 0.2) is 0 Å². The average Bonchev–Trinajstić information content (AvgIpc) is 3.78. The molecule has 0 fully saturated rings. The van der Waals surface area contributed by atoms with Gasteiger partial charge in [0.25, 0.3) is 0 Å². The summed E-state index contributed by atoms with van der Waals surface area (Å²) in [6.07, 6.45) is 2.05. The molecule has 52 heavy (non-hydrogen) atoms. The molecule has 0 saturated carbocycles. The van der Waals surface area contributed by atoms with Gasteiger partial charge in [-0.25, -0.2) is 0 Å². The highest BCUT2D eigenvalue weighted by atomic mass is 14.2. The van der Waals surface area contributed by atoms with Crippen molar-refractivity contribution in [2.45, 2.75) is 12.8 Å². The first-order chi connectivity index (χ1) is 25.8. The van der Waals surface area contributed by atoms with Gasteiger partial charge < -0.3 is 0 Å². The Morgan fingerprint density at radius 3 is 0.942 bits per heavy atom. The van der Waals surface area contributed by atoms with Crippen molar-refractivity contribution < 1.29 is 0 Å². The summed E-state index contributed by atoms with van der Waals surface area (Å²) >= 11 is 0. The monoisotopic (exact) mass is 658 g/mol. The Hall–Kier alpha value is -6.50. The van der Waals surface area contributed by atoms with Crippen molar-refractivity contribution in [1.82, 2.24) is 0 Å². The fourth-order valence-corrected chi connectivity index (χ4v) is 9.02. The largest absolute Gasteiger partial charge is 0.0619 e. The molecule has 0 unspecified atom stereocenters. The van der Waals surface area contributed by atoms with Gasteiger partial charge in [-0.3, -0.25) is 0 Å². The first kappa shape index (κ1) is 29.3. The molecule has 2 aliphatic carbocycles. The van der Waals surface area contributed by atoms with Gasteiger partial charge in [0.2, 0.25) is 0 Å². The van der Waals surface area contributed by atoms with E-state index in [0.717, 1.165) is 12.8 Å². The molecule has 242 valence electrons. The van der Waals surface area contributed by atoms with E-state index < -0.39 is 0 Å². The molecule has 11 rings (SSSR count). The van der Waals surface area contributed by atoms with Crippen molar-refractivity contribution >= 4 is 21.5 Å². The van der Waals surface area contributed by atoms with Gasteiger partial charge in [-0.1, -0.05) is 170 Å². The van der Waals surface area contributed by atoms with Gasteiger partial charge in [0.1, 0.15) is 0 Å². The van der Waals surface area contributed by atoms with Crippen LogP contribution in [0.25, 0.3) is 88.3 Å². The zero-order valence-electron chi connectivity index (χ0n) is 28.7. The third-order valence-corrected chi connectivity index (χ3v) is 11.5. The lowest BCUT2D eigenvalue weighted by atomic mass is 9.85. The van der Waals surface area contributed by atoms with Crippen LogP contribution < -0.4 is 0 Å². The first-order valence-electron chi connectivity index (χ1n) is 18.3. The van der Waals surface area contributed by atoms with Crippen LogP contribution in [0.15, 0.2) is 182 Å². The Labute approximate surface area is 304 Å². The molecule has 0 atom stereocenters. The van der Waals surface area contributed by atoms with E-state index in [1.807, 2.05) is 0 Å². The topological polar surface area (TPSA) is 0 Å². The van der Waals surface area contributed by atoms with Crippen molar-refractivity contribution in [2.24, 2.45) is 0 Å². The lowest BCUT2D eigenvalue weighted by molar-refractivity contribution is 1.26. The molecule has 0 aromatic heterocycles. The predicted octanol–water partition coefficient (Wildman–Crippen LogP) is 13.8. The molecule has 0 radical (unpaired) electrons. The van der Waals surface area contributed by atoms with Crippen LogP contribution in [0.5, 0.6) is 0 Å². The third kappa shape index (κ3) is 4.54. The summed E-state index contributed by atoms with van der Waals surface area (Å²) < 4.78 is 0. The summed E-state index contributed by atoms with van der Waals surface area (Å²) in [5, 5.41) is 5.11. The number of hydrogen-bond acceptors (Lipinski definition) is 0. The molecular weight excluding hydrogens is 625 g/mol. The van der Waals surface area contributed by atoms with Gasteiger partial charge in [-0.15, -0.1) is 0 Å². The Morgan fingerprint density at radius 2 is 0.538 bits per heavy atom. The normalized spacial score (nSPS) is 12.5. The van der Waals surface area contributed by atoms with Crippen molar-refractivity contribution in [2.75, 3.05) is 0 Å². The Bertz CT molecular complexity index is 2610. The lowest BCUT2D eigenvalue weighted by Crippen LogP contribution is -1.91. The second kappa shape index (κ2) is 11.5. The average molecular weight is 659 g/mol. The molecule has 0 N–H and O–H groups in total. The number of rotatable bonds is 4. The van der Waals surface area contributed by atoms with Gasteiger partial charge in [-0.2, -0.15) is 0 Å². The molecule has 0 heterocycles. The van der Waals surface area contributed by atoms with Crippen LogP contribution in [-0.4, -0.2) is 0 Å². The van der Waals surface area contributed by atoms with E-state index in [-0.39, 0.29) is 0 Å². The molecule has 0 spiro atoms. The van der Waals surface area contributed by atoms with Crippen molar-refractivity contribution in [3.63, 3.8) is 0 Å².